The minimum Gasteiger partial charge on any atom is -0.363 e. The second kappa shape index (κ2) is 8.13. The first-order valence-corrected chi connectivity index (χ1v) is 8.34. The number of carbonyl (C=O) groups is 2. The molecule has 27 heavy (non-hydrogen) atoms. The number of hydrogen-bond acceptors (Lipinski definition) is 5. The minimum atomic E-state index is -0.734. The number of rotatable bonds is 5. The van der Waals surface area contributed by atoms with Gasteiger partial charge < -0.3 is 15.5 Å². The van der Waals surface area contributed by atoms with Crippen LogP contribution >= 0.6 is 0 Å². The molecular formula is C19H20N6O2. The molecule has 0 saturated carbocycles. The third-order valence-corrected chi connectivity index (χ3v) is 3.83. The first-order chi connectivity index (χ1) is 13.0. The minimum absolute atomic E-state index is 0.253. The van der Waals surface area contributed by atoms with Crippen molar-refractivity contribution in [2.45, 2.75) is 6.54 Å². The van der Waals surface area contributed by atoms with Crippen molar-refractivity contribution in [3.63, 3.8) is 0 Å². The Balaban J connectivity index is 1.51. The highest BCUT2D eigenvalue weighted by molar-refractivity contribution is 6.39. The SMILES string of the molecule is CN(C)c1ccc(NC(=O)C(=O)NCc2ccc(-n3cccn3)cc2)cn1. The maximum Gasteiger partial charge on any atom is 0.313 e. The van der Waals surface area contributed by atoms with Crippen LogP contribution in [-0.2, 0) is 16.1 Å². The monoisotopic (exact) mass is 364 g/mol. The summed E-state index contributed by atoms with van der Waals surface area (Å²) in [7, 11) is 3.74. The van der Waals surface area contributed by atoms with Crippen LogP contribution in [0, 0.1) is 0 Å². The predicted molar refractivity (Wildman–Crippen MR) is 103 cm³/mol. The topological polar surface area (TPSA) is 92.2 Å². The van der Waals surface area contributed by atoms with Gasteiger partial charge in [-0.15, -0.1) is 0 Å². The molecule has 0 aliphatic heterocycles. The van der Waals surface area contributed by atoms with Gasteiger partial charge in [-0.25, -0.2) is 9.67 Å². The number of hydrogen-bond donors (Lipinski definition) is 2. The van der Waals surface area contributed by atoms with E-state index >= 15 is 0 Å². The van der Waals surface area contributed by atoms with Crippen LogP contribution in [0.2, 0.25) is 0 Å². The largest absolute Gasteiger partial charge is 0.363 e. The molecule has 1 aromatic carbocycles. The van der Waals surface area contributed by atoms with Crippen LogP contribution in [0.1, 0.15) is 5.56 Å². The highest BCUT2D eigenvalue weighted by atomic mass is 16.2. The molecule has 0 atom stereocenters. The molecule has 3 aromatic rings. The quantitative estimate of drug-likeness (QED) is 0.671. The Morgan fingerprint density at radius 1 is 1.07 bits per heavy atom. The fraction of sp³-hybridized carbons (Fsp3) is 0.158. The van der Waals surface area contributed by atoms with Gasteiger partial charge in [0.25, 0.3) is 0 Å². The number of anilines is 2. The Bertz CT molecular complexity index is 902. The lowest BCUT2D eigenvalue weighted by atomic mass is 10.2. The average Bonchev–Trinajstić information content (AvgIpc) is 3.21. The summed E-state index contributed by atoms with van der Waals surface area (Å²) in [6.07, 6.45) is 5.06. The molecule has 138 valence electrons. The van der Waals surface area contributed by atoms with Gasteiger partial charge in [-0.3, -0.25) is 9.59 Å². The fourth-order valence-electron chi connectivity index (χ4n) is 2.36. The Hall–Kier alpha value is -3.68. The lowest BCUT2D eigenvalue weighted by molar-refractivity contribution is -0.136. The number of benzene rings is 1. The maximum atomic E-state index is 12.0. The molecule has 0 radical (unpaired) electrons. The van der Waals surface area contributed by atoms with Crippen molar-refractivity contribution in [1.29, 1.82) is 0 Å². The van der Waals surface area contributed by atoms with Crippen LogP contribution in [0.4, 0.5) is 11.5 Å². The normalized spacial score (nSPS) is 10.3. The Labute approximate surface area is 156 Å². The van der Waals surface area contributed by atoms with E-state index in [9.17, 15) is 9.59 Å². The summed E-state index contributed by atoms with van der Waals surface area (Å²) in [6.45, 7) is 0.253. The number of nitrogens with one attached hydrogen (secondary N) is 2. The van der Waals surface area contributed by atoms with Crippen molar-refractivity contribution in [2.75, 3.05) is 24.3 Å². The van der Waals surface area contributed by atoms with Gasteiger partial charge in [0, 0.05) is 33.0 Å². The summed E-state index contributed by atoms with van der Waals surface area (Å²) in [6, 6.07) is 12.8. The zero-order valence-corrected chi connectivity index (χ0v) is 15.1. The molecule has 0 fully saturated rings. The van der Waals surface area contributed by atoms with Gasteiger partial charge in [0.05, 0.1) is 17.6 Å². The van der Waals surface area contributed by atoms with Crippen molar-refractivity contribution < 1.29 is 9.59 Å². The van der Waals surface area contributed by atoms with E-state index in [1.54, 1.807) is 23.0 Å². The van der Waals surface area contributed by atoms with Crippen LogP contribution in [-0.4, -0.2) is 40.7 Å². The molecule has 0 unspecified atom stereocenters. The Kier molecular flexibility index (Phi) is 5.46. The van der Waals surface area contributed by atoms with Crippen molar-refractivity contribution in [3.8, 4) is 5.69 Å². The molecule has 2 heterocycles. The Morgan fingerprint density at radius 3 is 2.44 bits per heavy atom. The zero-order chi connectivity index (χ0) is 19.2. The van der Waals surface area contributed by atoms with Crippen LogP contribution in [0.5, 0.6) is 0 Å². The Morgan fingerprint density at radius 2 is 1.85 bits per heavy atom. The van der Waals surface area contributed by atoms with E-state index in [1.807, 2.05) is 55.5 Å². The van der Waals surface area contributed by atoms with E-state index in [0.717, 1.165) is 17.1 Å². The van der Waals surface area contributed by atoms with E-state index in [2.05, 4.69) is 20.7 Å². The van der Waals surface area contributed by atoms with Gasteiger partial charge in [-0.2, -0.15) is 5.10 Å². The molecule has 0 saturated heterocycles. The molecule has 2 amide bonds. The molecule has 8 nitrogen and oxygen atoms in total. The second-order valence-corrected chi connectivity index (χ2v) is 6.05. The fourth-order valence-corrected chi connectivity index (χ4v) is 2.36. The van der Waals surface area contributed by atoms with Crippen LogP contribution in [0.15, 0.2) is 61.1 Å². The average molecular weight is 364 g/mol. The number of carbonyl (C=O) groups excluding carboxylic acids is 2. The molecular weight excluding hydrogens is 344 g/mol. The second-order valence-electron chi connectivity index (χ2n) is 6.05. The van der Waals surface area contributed by atoms with E-state index in [4.69, 9.17) is 0 Å². The van der Waals surface area contributed by atoms with Crippen molar-refractivity contribution >= 4 is 23.3 Å². The van der Waals surface area contributed by atoms with Crippen LogP contribution in [0.25, 0.3) is 5.69 Å². The van der Waals surface area contributed by atoms with Crippen molar-refractivity contribution in [2.24, 2.45) is 0 Å². The molecule has 0 bridgehead atoms. The van der Waals surface area contributed by atoms with E-state index < -0.39 is 11.8 Å². The first kappa shape index (κ1) is 18.1. The lowest BCUT2D eigenvalue weighted by Gasteiger charge is -2.11. The predicted octanol–water partition coefficient (Wildman–Crippen LogP) is 1.59. The number of aromatic nitrogens is 3. The molecule has 8 heteroatoms. The van der Waals surface area contributed by atoms with Gasteiger partial charge in [-0.1, -0.05) is 12.1 Å². The maximum absolute atomic E-state index is 12.0. The van der Waals surface area contributed by atoms with Gasteiger partial charge in [0.15, 0.2) is 0 Å². The van der Waals surface area contributed by atoms with Gasteiger partial charge in [-0.05, 0) is 35.9 Å². The number of amides is 2. The summed E-state index contributed by atoms with van der Waals surface area (Å²) in [5.74, 6) is -0.679. The van der Waals surface area contributed by atoms with Crippen LogP contribution < -0.4 is 15.5 Å². The van der Waals surface area contributed by atoms with Crippen LogP contribution in [0.3, 0.4) is 0 Å². The van der Waals surface area contributed by atoms with E-state index in [1.165, 1.54) is 6.20 Å². The van der Waals surface area contributed by atoms with E-state index in [-0.39, 0.29) is 6.54 Å². The lowest BCUT2D eigenvalue weighted by Crippen LogP contribution is -2.35. The molecule has 0 aliphatic carbocycles. The third-order valence-electron chi connectivity index (χ3n) is 3.83. The summed E-state index contributed by atoms with van der Waals surface area (Å²) < 4.78 is 1.74. The molecule has 0 spiro atoms. The van der Waals surface area contributed by atoms with Crippen molar-refractivity contribution in [1.82, 2.24) is 20.1 Å². The van der Waals surface area contributed by atoms with Gasteiger partial charge in [0.2, 0.25) is 0 Å². The highest BCUT2D eigenvalue weighted by Gasteiger charge is 2.13. The third kappa shape index (κ3) is 4.69. The number of nitrogens with zero attached hydrogens (tertiary/aromatic N) is 4. The smallest absolute Gasteiger partial charge is 0.313 e. The molecule has 2 N–H and O–H groups in total. The number of pyridine rings is 1. The molecule has 3 rings (SSSR count). The van der Waals surface area contributed by atoms with Gasteiger partial charge >= 0.3 is 11.8 Å². The van der Waals surface area contributed by atoms with Crippen molar-refractivity contribution in [3.05, 3.63) is 66.6 Å². The summed E-state index contributed by atoms with van der Waals surface area (Å²) in [4.78, 5) is 30.0. The summed E-state index contributed by atoms with van der Waals surface area (Å²) in [5, 5.41) is 9.28. The van der Waals surface area contributed by atoms with E-state index in [0.29, 0.717) is 5.69 Å². The molecule has 2 aromatic heterocycles. The van der Waals surface area contributed by atoms with Gasteiger partial charge in [0.1, 0.15) is 5.82 Å². The zero-order valence-electron chi connectivity index (χ0n) is 15.1. The standard InChI is InChI=1S/C19H20N6O2/c1-24(2)17-9-6-15(13-20-17)23-19(27)18(26)21-12-14-4-7-16(8-5-14)25-11-3-10-22-25/h3-11,13H,12H2,1-2H3,(H,21,26)(H,23,27). The highest BCUT2D eigenvalue weighted by Crippen LogP contribution is 2.12. The summed E-state index contributed by atoms with van der Waals surface area (Å²) >= 11 is 0. The summed E-state index contributed by atoms with van der Waals surface area (Å²) in [5.41, 5.74) is 2.26. The molecule has 0 aliphatic rings. The first-order valence-electron chi connectivity index (χ1n) is 8.34.